The average molecular weight is 233 g/mol. The fraction of sp³-hybridized carbons (Fsp3) is 0.571. The van der Waals surface area contributed by atoms with Crippen molar-refractivity contribution in [2.24, 2.45) is 0 Å². The lowest BCUT2D eigenvalue weighted by atomic mass is 10.1. The van der Waals surface area contributed by atoms with E-state index in [0.717, 1.165) is 26.2 Å². The van der Waals surface area contributed by atoms with Crippen LogP contribution < -0.4 is 10.6 Å². The van der Waals surface area contributed by atoms with Crippen LogP contribution in [0.2, 0.25) is 0 Å². The van der Waals surface area contributed by atoms with E-state index < -0.39 is 0 Å². The second-order valence-electron chi connectivity index (χ2n) is 4.92. The molecule has 3 heteroatoms. The van der Waals surface area contributed by atoms with Crippen LogP contribution in [0.15, 0.2) is 24.3 Å². The van der Waals surface area contributed by atoms with E-state index in [9.17, 15) is 0 Å². The van der Waals surface area contributed by atoms with E-state index in [-0.39, 0.29) is 0 Å². The number of likely N-dealkylation sites (N-methyl/N-ethyl adjacent to an activating group) is 1. The van der Waals surface area contributed by atoms with Gasteiger partial charge in [-0.1, -0.05) is 12.1 Å². The van der Waals surface area contributed by atoms with E-state index in [1.807, 2.05) is 0 Å². The summed E-state index contributed by atoms with van der Waals surface area (Å²) >= 11 is 0. The van der Waals surface area contributed by atoms with Crippen molar-refractivity contribution < 1.29 is 0 Å². The Balaban J connectivity index is 1.75. The van der Waals surface area contributed by atoms with E-state index in [0.29, 0.717) is 6.04 Å². The highest BCUT2D eigenvalue weighted by Crippen LogP contribution is 2.10. The van der Waals surface area contributed by atoms with Crippen molar-refractivity contribution in [2.45, 2.75) is 19.4 Å². The number of hydrogen-bond acceptors (Lipinski definition) is 3. The van der Waals surface area contributed by atoms with Crippen molar-refractivity contribution in [3.05, 3.63) is 29.8 Å². The van der Waals surface area contributed by atoms with Crippen molar-refractivity contribution in [1.82, 2.24) is 10.2 Å². The molecule has 1 unspecified atom stereocenters. The fourth-order valence-electron chi connectivity index (χ4n) is 2.32. The first-order valence-electron chi connectivity index (χ1n) is 6.47. The molecule has 1 aliphatic heterocycles. The van der Waals surface area contributed by atoms with Gasteiger partial charge in [0.15, 0.2) is 0 Å². The van der Waals surface area contributed by atoms with Crippen LogP contribution in [0.5, 0.6) is 0 Å². The van der Waals surface area contributed by atoms with Crippen LogP contribution in [0.3, 0.4) is 0 Å². The van der Waals surface area contributed by atoms with Crippen molar-refractivity contribution in [1.29, 1.82) is 0 Å². The van der Waals surface area contributed by atoms with E-state index >= 15 is 0 Å². The molecule has 2 N–H and O–H groups in total. The Morgan fingerprint density at radius 1 is 1.47 bits per heavy atom. The highest BCUT2D eigenvalue weighted by atomic mass is 15.2. The van der Waals surface area contributed by atoms with Crippen molar-refractivity contribution in [2.75, 3.05) is 38.5 Å². The third-order valence-electron chi connectivity index (χ3n) is 3.47. The Kier molecular flexibility index (Phi) is 4.40. The topological polar surface area (TPSA) is 27.3 Å². The van der Waals surface area contributed by atoms with Crippen molar-refractivity contribution in [3.63, 3.8) is 0 Å². The third kappa shape index (κ3) is 3.72. The van der Waals surface area contributed by atoms with Crippen LogP contribution in [-0.4, -0.2) is 44.2 Å². The molecule has 0 radical (unpaired) electrons. The minimum atomic E-state index is 0.668. The molecule has 3 nitrogen and oxygen atoms in total. The smallest absolute Gasteiger partial charge is 0.0342 e. The van der Waals surface area contributed by atoms with E-state index in [1.165, 1.54) is 17.7 Å². The van der Waals surface area contributed by atoms with Gasteiger partial charge in [-0.25, -0.2) is 0 Å². The summed E-state index contributed by atoms with van der Waals surface area (Å²) < 4.78 is 0. The molecule has 0 aliphatic carbocycles. The number of benzene rings is 1. The van der Waals surface area contributed by atoms with Gasteiger partial charge in [-0.15, -0.1) is 0 Å². The number of nitrogens with zero attached hydrogens (tertiary/aromatic N) is 1. The first-order chi connectivity index (χ1) is 8.25. The Morgan fingerprint density at radius 3 is 3.12 bits per heavy atom. The molecule has 17 heavy (non-hydrogen) atoms. The van der Waals surface area contributed by atoms with Gasteiger partial charge in [-0.05, 0) is 38.1 Å². The molecule has 2 rings (SSSR count). The summed E-state index contributed by atoms with van der Waals surface area (Å²) in [4.78, 5) is 2.45. The van der Waals surface area contributed by atoms with Gasteiger partial charge in [0.1, 0.15) is 0 Å². The SMILES string of the molecule is Cc1cccc(NCCC2CNCCN2C)c1. The highest BCUT2D eigenvalue weighted by molar-refractivity contribution is 5.45. The Labute approximate surface area is 104 Å². The summed E-state index contributed by atoms with van der Waals surface area (Å²) in [5.74, 6) is 0. The van der Waals surface area contributed by atoms with Gasteiger partial charge in [0.25, 0.3) is 0 Å². The van der Waals surface area contributed by atoms with Gasteiger partial charge in [-0.3, -0.25) is 0 Å². The van der Waals surface area contributed by atoms with Crippen molar-refractivity contribution >= 4 is 5.69 Å². The number of rotatable bonds is 4. The maximum Gasteiger partial charge on any atom is 0.0342 e. The number of anilines is 1. The molecule has 0 amide bonds. The van der Waals surface area contributed by atoms with Crippen LogP contribution in [0, 0.1) is 6.92 Å². The lowest BCUT2D eigenvalue weighted by Gasteiger charge is -2.33. The van der Waals surface area contributed by atoms with Gasteiger partial charge in [0, 0.05) is 37.9 Å². The van der Waals surface area contributed by atoms with Crippen LogP contribution in [0.4, 0.5) is 5.69 Å². The van der Waals surface area contributed by atoms with Crippen molar-refractivity contribution in [3.8, 4) is 0 Å². The summed E-state index contributed by atoms with van der Waals surface area (Å²) in [7, 11) is 2.22. The highest BCUT2D eigenvalue weighted by Gasteiger charge is 2.17. The molecule has 0 saturated carbocycles. The fourth-order valence-corrected chi connectivity index (χ4v) is 2.32. The number of piperazine rings is 1. The van der Waals surface area contributed by atoms with E-state index in [4.69, 9.17) is 0 Å². The molecule has 94 valence electrons. The summed E-state index contributed by atoms with van der Waals surface area (Å²) in [6.45, 7) is 6.57. The lowest BCUT2D eigenvalue weighted by molar-refractivity contribution is 0.194. The van der Waals surface area contributed by atoms with Crippen LogP contribution in [0.25, 0.3) is 0 Å². The van der Waals surface area contributed by atoms with Gasteiger partial charge >= 0.3 is 0 Å². The predicted molar refractivity (Wildman–Crippen MR) is 73.6 cm³/mol. The van der Waals surface area contributed by atoms with E-state index in [2.05, 4.69) is 53.8 Å². The normalized spacial score (nSPS) is 21.4. The first-order valence-corrected chi connectivity index (χ1v) is 6.47. The van der Waals surface area contributed by atoms with Gasteiger partial charge in [0.2, 0.25) is 0 Å². The maximum atomic E-state index is 3.50. The van der Waals surface area contributed by atoms with Crippen LogP contribution in [-0.2, 0) is 0 Å². The maximum absolute atomic E-state index is 3.50. The minimum absolute atomic E-state index is 0.668. The van der Waals surface area contributed by atoms with Gasteiger partial charge in [0.05, 0.1) is 0 Å². The first kappa shape index (κ1) is 12.4. The molecule has 0 bridgehead atoms. The average Bonchev–Trinajstić information content (AvgIpc) is 2.32. The molecular formula is C14H23N3. The second kappa shape index (κ2) is 6.03. The lowest BCUT2D eigenvalue weighted by Crippen LogP contribution is -2.49. The second-order valence-corrected chi connectivity index (χ2v) is 4.92. The summed E-state index contributed by atoms with van der Waals surface area (Å²) in [5.41, 5.74) is 2.54. The molecule has 1 aromatic carbocycles. The van der Waals surface area contributed by atoms with Gasteiger partial charge < -0.3 is 15.5 Å². The number of aryl methyl sites for hydroxylation is 1. The van der Waals surface area contributed by atoms with Crippen LogP contribution in [0.1, 0.15) is 12.0 Å². The van der Waals surface area contributed by atoms with E-state index in [1.54, 1.807) is 0 Å². The monoisotopic (exact) mass is 233 g/mol. The number of nitrogens with one attached hydrogen (secondary N) is 2. The Morgan fingerprint density at radius 2 is 2.35 bits per heavy atom. The third-order valence-corrected chi connectivity index (χ3v) is 3.47. The molecular weight excluding hydrogens is 210 g/mol. The molecule has 1 saturated heterocycles. The zero-order chi connectivity index (χ0) is 12.1. The molecule has 1 aliphatic rings. The molecule has 1 heterocycles. The Hall–Kier alpha value is -1.06. The molecule has 0 spiro atoms. The zero-order valence-corrected chi connectivity index (χ0v) is 10.9. The summed E-state index contributed by atoms with van der Waals surface area (Å²) in [6, 6.07) is 9.23. The number of hydrogen-bond donors (Lipinski definition) is 2. The summed E-state index contributed by atoms with van der Waals surface area (Å²) in [6.07, 6.45) is 1.19. The molecule has 0 aromatic heterocycles. The largest absolute Gasteiger partial charge is 0.385 e. The Bertz CT molecular complexity index is 351. The standard InChI is InChI=1S/C14H23N3/c1-12-4-3-5-13(10-12)16-7-6-14-11-15-8-9-17(14)2/h3-5,10,14-16H,6-9,11H2,1-2H3. The zero-order valence-electron chi connectivity index (χ0n) is 10.9. The minimum Gasteiger partial charge on any atom is -0.385 e. The molecule has 1 fully saturated rings. The quantitative estimate of drug-likeness (QED) is 0.829. The van der Waals surface area contributed by atoms with Gasteiger partial charge in [-0.2, -0.15) is 0 Å². The molecule has 1 aromatic rings. The predicted octanol–water partition coefficient (Wildman–Crippen LogP) is 1.70. The summed E-state index contributed by atoms with van der Waals surface area (Å²) in [5, 5.41) is 6.95. The van der Waals surface area contributed by atoms with Crippen LogP contribution >= 0.6 is 0 Å². The molecule has 1 atom stereocenters.